The van der Waals surface area contributed by atoms with Gasteiger partial charge in [-0.2, -0.15) is 0 Å². The summed E-state index contributed by atoms with van der Waals surface area (Å²) < 4.78 is 14.1. The van der Waals surface area contributed by atoms with Gasteiger partial charge in [0.05, 0.1) is 16.4 Å². The van der Waals surface area contributed by atoms with Crippen LogP contribution in [-0.2, 0) is 4.79 Å². The number of likely N-dealkylation sites (tertiary alicyclic amines) is 1. The average molecular weight is 528 g/mol. The number of piperazine rings is 1. The number of thiazole rings is 1. The number of benzene rings is 2. The van der Waals surface area contributed by atoms with Crippen LogP contribution >= 0.6 is 22.9 Å². The van der Waals surface area contributed by atoms with Crippen molar-refractivity contribution in [1.82, 2.24) is 14.8 Å². The number of amides is 2. The van der Waals surface area contributed by atoms with Gasteiger partial charge in [-0.1, -0.05) is 35.9 Å². The van der Waals surface area contributed by atoms with Crippen LogP contribution < -0.4 is 10.2 Å². The molecule has 3 heterocycles. The first-order valence-corrected chi connectivity index (χ1v) is 13.3. The molecule has 3 aromatic rings. The van der Waals surface area contributed by atoms with Gasteiger partial charge in [0.1, 0.15) is 11.5 Å². The first kappa shape index (κ1) is 24.5. The smallest absolute Gasteiger partial charge is 0.273 e. The van der Waals surface area contributed by atoms with Crippen molar-refractivity contribution in [1.29, 1.82) is 0 Å². The van der Waals surface area contributed by atoms with Crippen LogP contribution in [0.15, 0.2) is 53.9 Å². The van der Waals surface area contributed by atoms with Crippen LogP contribution in [-0.4, -0.2) is 65.9 Å². The summed E-state index contributed by atoms with van der Waals surface area (Å²) in [4.78, 5) is 36.2. The van der Waals surface area contributed by atoms with E-state index in [1.54, 1.807) is 28.5 Å². The fourth-order valence-electron chi connectivity index (χ4n) is 4.73. The predicted octanol–water partition coefficient (Wildman–Crippen LogP) is 4.88. The highest BCUT2D eigenvalue weighted by atomic mass is 35.5. The third-order valence-corrected chi connectivity index (χ3v) is 7.84. The highest BCUT2D eigenvalue weighted by molar-refractivity contribution is 7.14. The van der Waals surface area contributed by atoms with E-state index >= 15 is 0 Å². The number of carbonyl (C=O) groups is 2. The lowest BCUT2D eigenvalue weighted by Crippen LogP contribution is -2.52. The molecule has 2 fully saturated rings. The molecule has 2 amide bonds. The van der Waals surface area contributed by atoms with Crippen LogP contribution in [0.4, 0.5) is 20.9 Å². The van der Waals surface area contributed by atoms with Crippen LogP contribution in [0, 0.1) is 11.7 Å². The van der Waals surface area contributed by atoms with Crippen LogP contribution in [0.2, 0.25) is 5.02 Å². The van der Waals surface area contributed by atoms with E-state index in [1.165, 1.54) is 17.4 Å². The number of halogens is 2. The molecule has 0 saturated carbocycles. The molecule has 1 aromatic heterocycles. The molecule has 2 saturated heterocycles. The van der Waals surface area contributed by atoms with Crippen molar-refractivity contribution in [3.63, 3.8) is 0 Å². The molecule has 7 nitrogen and oxygen atoms in total. The Morgan fingerprint density at radius 1 is 0.944 bits per heavy atom. The topological polar surface area (TPSA) is 68.8 Å². The van der Waals surface area contributed by atoms with Gasteiger partial charge in [0.2, 0.25) is 5.91 Å². The highest BCUT2D eigenvalue weighted by Gasteiger charge is 2.32. The minimum absolute atomic E-state index is 0.0954. The van der Waals surface area contributed by atoms with Crippen molar-refractivity contribution in [3.8, 4) is 0 Å². The second-order valence-corrected chi connectivity index (χ2v) is 10.2. The fraction of sp³-hybridized carbons (Fsp3) is 0.346. The van der Waals surface area contributed by atoms with Crippen molar-refractivity contribution < 1.29 is 14.0 Å². The van der Waals surface area contributed by atoms with Gasteiger partial charge in [-0.15, -0.1) is 11.3 Å². The van der Waals surface area contributed by atoms with Crippen molar-refractivity contribution >= 4 is 51.3 Å². The molecule has 0 bridgehead atoms. The quantitative estimate of drug-likeness (QED) is 0.512. The maximum Gasteiger partial charge on any atom is 0.273 e. The summed E-state index contributed by atoms with van der Waals surface area (Å²) >= 11 is 7.55. The molecule has 0 unspecified atom stereocenters. The Morgan fingerprint density at radius 2 is 1.64 bits per heavy atom. The third-order valence-electron chi connectivity index (χ3n) is 6.75. The number of hydrogen-bond donors (Lipinski definition) is 1. The number of aromatic nitrogens is 1. The zero-order chi connectivity index (χ0) is 25.1. The summed E-state index contributed by atoms with van der Waals surface area (Å²) in [7, 11) is 0. The lowest BCUT2D eigenvalue weighted by Gasteiger charge is -2.39. The third kappa shape index (κ3) is 5.32. The predicted molar refractivity (Wildman–Crippen MR) is 141 cm³/mol. The minimum Gasteiger partial charge on any atom is -0.366 e. The van der Waals surface area contributed by atoms with E-state index in [0.717, 1.165) is 5.69 Å². The maximum absolute atomic E-state index is 14.1. The SMILES string of the molecule is O=C(c1csc(Nc2ccccc2Cl)n1)N1CCC(C(=O)N2CCN(c3ccccc3F)CC2)CC1. The first-order valence-electron chi connectivity index (χ1n) is 12.0. The minimum atomic E-state index is -0.235. The van der Waals surface area contributed by atoms with Crippen LogP contribution in [0.1, 0.15) is 23.3 Å². The number of anilines is 3. The summed E-state index contributed by atoms with van der Waals surface area (Å²) in [6, 6.07) is 14.1. The first-order chi connectivity index (χ1) is 17.5. The van der Waals surface area contributed by atoms with Gasteiger partial charge in [-0.05, 0) is 37.1 Å². The van der Waals surface area contributed by atoms with Gasteiger partial charge in [-0.3, -0.25) is 9.59 Å². The number of rotatable bonds is 5. The van der Waals surface area contributed by atoms with Crippen LogP contribution in [0.3, 0.4) is 0 Å². The van der Waals surface area contributed by atoms with E-state index in [4.69, 9.17) is 11.6 Å². The van der Waals surface area contributed by atoms with Crippen molar-refractivity contribution in [2.75, 3.05) is 49.5 Å². The fourth-order valence-corrected chi connectivity index (χ4v) is 5.61. The summed E-state index contributed by atoms with van der Waals surface area (Å²) in [6.45, 7) is 3.42. The Labute approximate surface area is 218 Å². The van der Waals surface area contributed by atoms with Crippen LogP contribution in [0.25, 0.3) is 0 Å². The van der Waals surface area contributed by atoms with E-state index in [2.05, 4.69) is 10.3 Å². The van der Waals surface area contributed by atoms with E-state index in [0.29, 0.717) is 73.6 Å². The monoisotopic (exact) mass is 527 g/mol. The highest BCUT2D eigenvalue weighted by Crippen LogP contribution is 2.28. The number of carbonyl (C=O) groups excluding carboxylic acids is 2. The zero-order valence-corrected chi connectivity index (χ0v) is 21.3. The van der Waals surface area contributed by atoms with E-state index in [-0.39, 0.29) is 23.5 Å². The van der Waals surface area contributed by atoms with Crippen molar-refractivity contribution in [3.05, 3.63) is 70.4 Å². The number of piperidine rings is 1. The van der Waals surface area contributed by atoms with Crippen LogP contribution in [0.5, 0.6) is 0 Å². The molecule has 10 heteroatoms. The molecule has 1 N–H and O–H groups in total. The Balaban J connectivity index is 1.11. The molecular weight excluding hydrogens is 501 g/mol. The maximum atomic E-state index is 14.1. The largest absolute Gasteiger partial charge is 0.366 e. The summed E-state index contributed by atoms with van der Waals surface area (Å²) in [5.74, 6) is -0.318. The molecular formula is C26H27ClFN5O2S. The number of nitrogens with one attached hydrogen (secondary N) is 1. The normalized spacial score (nSPS) is 16.8. The standard InChI is InChI=1S/C26H27ClFN5O2S/c27-19-5-1-3-7-21(19)29-26-30-22(17-36-26)25(35)32-11-9-18(10-12-32)24(34)33-15-13-31(14-16-33)23-8-4-2-6-20(23)28/h1-8,17-18H,9-16H2,(H,29,30). The molecule has 5 rings (SSSR count). The average Bonchev–Trinajstić information content (AvgIpc) is 3.38. The van der Waals surface area contributed by atoms with Gasteiger partial charge in [0, 0.05) is 50.6 Å². The summed E-state index contributed by atoms with van der Waals surface area (Å²) in [6.07, 6.45) is 1.26. The van der Waals surface area contributed by atoms with E-state index < -0.39 is 0 Å². The molecule has 2 aliphatic heterocycles. The second kappa shape index (κ2) is 10.8. The summed E-state index contributed by atoms with van der Waals surface area (Å²) in [5.41, 5.74) is 1.72. The Bertz CT molecular complexity index is 1240. The number of nitrogens with zero attached hydrogens (tertiary/aromatic N) is 4. The number of para-hydroxylation sites is 2. The molecule has 36 heavy (non-hydrogen) atoms. The lowest BCUT2D eigenvalue weighted by atomic mass is 9.94. The molecule has 0 radical (unpaired) electrons. The molecule has 188 valence electrons. The molecule has 0 aliphatic carbocycles. The van der Waals surface area contributed by atoms with Crippen molar-refractivity contribution in [2.24, 2.45) is 5.92 Å². The van der Waals surface area contributed by atoms with Gasteiger partial charge >= 0.3 is 0 Å². The van der Waals surface area contributed by atoms with E-state index in [9.17, 15) is 14.0 Å². The molecule has 0 atom stereocenters. The van der Waals surface area contributed by atoms with E-state index in [1.807, 2.05) is 34.1 Å². The Hall–Kier alpha value is -3.17. The zero-order valence-electron chi connectivity index (χ0n) is 19.7. The van der Waals surface area contributed by atoms with Gasteiger partial charge in [0.15, 0.2) is 5.13 Å². The van der Waals surface area contributed by atoms with Gasteiger partial charge < -0.3 is 20.0 Å². The molecule has 2 aliphatic rings. The molecule has 2 aromatic carbocycles. The van der Waals surface area contributed by atoms with Gasteiger partial charge in [-0.25, -0.2) is 9.37 Å². The Kier molecular flexibility index (Phi) is 7.38. The lowest BCUT2D eigenvalue weighted by molar-refractivity contribution is -0.137. The van der Waals surface area contributed by atoms with Gasteiger partial charge in [0.25, 0.3) is 5.91 Å². The second-order valence-electron chi connectivity index (χ2n) is 8.97. The molecule has 0 spiro atoms. The Morgan fingerprint density at radius 3 is 2.36 bits per heavy atom. The summed E-state index contributed by atoms with van der Waals surface area (Å²) in [5, 5.41) is 6.09. The van der Waals surface area contributed by atoms with Crippen molar-refractivity contribution in [2.45, 2.75) is 12.8 Å². The number of hydrogen-bond acceptors (Lipinski definition) is 6.